The van der Waals surface area contributed by atoms with E-state index in [-0.39, 0.29) is 31.0 Å². The van der Waals surface area contributed by atoms with Crippen molar-refractivity contribution in [3.63, 3.8) is 0 Å². The summed E-state index contributed by atoms with van der Waals surface area (Å²) in [7, 11) is 5.60. The van der Waals surface area contributed by atoms with Crippen molar-refractivity contribution >= 4 is 17.5 Å². The number of likely N-dealkylation sites (tertiary alicyclic amines) is 1. The molecule has 3 aromatic carbocycles. The van der Waals surface area contributed by atoms with Gasteiger partial charge < -0.3 is 19.3 Å². The van der Waals surface area contributed by atoms with Crippen LogP contribution in [0.4, 0.5) is 5.69 Å². The maximum atomic E-state index is 13.2. The molecule has 2 amide bonds. The fraction of sp³-hybridized carbons (Fsp3) is 0.394. The highest BCUT2D eigenvalue weighted by atomic mass is 16.5. The molecule has 40 heavy (non-hydrogen) atoms. The molecule has 0 bridgehead atoms. The number of carbonyl (C=O) groups is 2. The molecule has 3 aromatic rings. The Kier molecular flexibility index (Phi) is 9.48. The third-order valence-electron chi connectivity index (χ3n) is 7.91. The van der Waals surface area contributed by atoms with Gasteiger partial charge in [-0.15, -0.1) is 0 Å². The molecule has 2 aliphatic heterocycles. The van der Waals surface area contributed by atoms with E-state index in [4.69, 9.17) is 9.47 Å². The van der Waals surface area contributed by atoms with Gasteiger partial charge in [-0.1, -0.05) is 36.4 Å². The van der Waals surface area contributed by atoms with Gasteiger partial charge in [-0.3, -0.25) is 14.5 Å². The van der Waals surface area contributed by atoms with Crippen molar-refractivity contribution in [2.45, 2.75) is 39.7 Å². The minimum absolute atomic E-state index is 0.0274. The van der Waals surface area contributed by atoms with E-state index in [1.54, 1.807) is 19.1 Å². The van der Waals surface area contributed by atoms with Crippen molar-refractivity contribution in [3.8, 4) is 22.6 Å². The summed E-state index contributed by atoms with van der Waals surface area (Å²) in [5.74, 6) is 1.10. The number of methoxy groups -OCH3 is 1. The molecule has 0 aromatic heterocycles. The van der Waals surface area contributed by atoms with E-state index in [0.29, 0.717) is 11.4 Å². The third kappa shape index (κ3) is 6.83. The van der Waals surface area contributed by atoms with Gasteiger partial charge in [0.2, 0.25) is 5.91 Å². The Hall–Kier alpha value is -3.84. The molecular formula is C33H41N3O4. The quantitative estimate of drug-likeness (QED) is 0.403. The molecule has 0 saturated carbocycles. The lowest BCUT2D eigenvalue weighted by Gasteiger charge is -2.32. The summed E-state index contributed by atoms with van der Waals surface area (Å²) in [6.45, 7) is 8.52. The molecule has 5 rings (SSSR count). The Morgan fingerprint density at radius 2 is 1.68 bits per heavy atom. The van der Waals surface area contributed by atoms with E-state index in [1.165, 1.54) is 30.8 Å². The third-order valence-corrected chi connectivity index (χ3v) is 7.91. The van der Waals surface area contributed by atoms with E-state index >= 15 is 0 Å². The van der Waals surface area contributed by atoms with Crippen LogP contribution in [0, 0.1) is 13.8 Å². The first-order chi connectivity index (χ1) is 19.2. The van der Waals surface area contributed by atoms with Gasteiger partial charge in [0.05, 0.1) is 18.8 Å². The number of amides is 2. The minimum Gasteiger partial charge on any atom is -0.497 e. The average Bonchev–Trinajstić information content (AvgIpc) is 3.46. The number of likely N-dealkylation sites (N-methyl/N-ethyl adjacent to an activating group) is 1. The van der Waals surface area contributed by atoms with E-state index in [9.17, 15) is 9.59 Å². The van der Waals surface area contributed by atoms with E-state index in [1.807, 2.05) is 81.4 Å². The van der Waals surface area contributed by atoms with Gasteiger partial charge in [-0.05, 0) is 106 Å². The maximum Gasteiger partial charge on any atom is 0.265 e. The van der Waals surface area contributed by atoms with Crippen LogP contribution >= 0.6 is 0 Å². The molecule has 2 heterocycles. The maximum absolute atomic E-state index is 13.2. The largest absolute Gasteiger partial charge is 0.497 e. The van der Waals surface area contributed by atoms with Crippen LogP contribution in [0.5, 0.6) is 11.5 Å². The molecule has 0 aliphatic carbocycles. The number of ether oxygens (including phenoxy) is 2. The Balaban J connectivity index is 0.000000546. The fourth-order valence-corrected chi connectivity index (χ4v) is 4.94. The summed E-state index contributed by atoms with van der Waals surface area (Å²) in [5, 5.41) is 0. The molecule has 1 unspecified atom stereocenters. The second kappa shape index (κ2) is 13.0. The van der Waals surface area contributed by atoms with Gasteiger partial charge in [0.25, 0.3) is 5.91 Å². The summed E-state index contributed by atoms with van der Waals surface area (Å²) >= 11 is 0. The summed E-state index contributed by atoms with van der Waals surface area (Å²) in [6, 6.07) is 19.8. The smallest absolute Gasteiger partial charge is 0.265 e. The Labute approximate surface area is 238 Å². The minimum atomic E-state index is -0.215. The highest BCUT2D eigenvalue weighted by Crippen LogP contribution is 2.35. The van der Waals surface area contributed by atoms with E-state index in [0.717, 1.165) is 33.6 Å². The molecule has 1 fully saturated rings. The molecule has 7 nitrogen and oxygen atoms in total. The summed E-state index contributed by atoms with van der Waals surface area (Å²) in [6.07, 6.45) is 2.83. The molecule has 0 spiro atoms. The van der Waals surface area contributed by atoms with Gasteiger partial charge in [-0.2, -0.15) is 0 Å². The molecule has 0 radical (unpaired) electrons. The molecule has 0 N–H and O–H groups in total. The zero-order chi connectivity index (χ0) is 28.8. The van der Waals surface area contributed by atoms with Gasteiger partial charge in [0.15, 0.2) is 6.61 Å². The van der Waals surface area contributed by atoms with Crippen LogP contribution in [0.3, 0.4) is 0 Å². The van der Waals surface area contributed by atoms with Crippen LogP contribution in [-0.2, 0) is 9.59 Å². The lowest BCUT2D eigenvalue weighted by atomic mass is 10.0. The normalized spacial score (nSPS) is 15.4. The number of hydrogen-bond donors (Lipinski definition) is 0. The Morgan fingerprint density at radius 3 is 2.30 bits per heavy atom. The highest BCUT2D eigenvalue weighted by Gasteiger charge is 2.30. The summed E-state index contributed by atoms with van der Waals surface area (Å²) in [4.78, 5) is 31.3. The zero-order valence-electron chi connectivity index (χ0n) is 24.6. The molecule has 1 atom stereocenters. The summed E-state index contributed by atoms with van der Waals surface area (Å²) in [5.41, 5.74) is 5.94. The van der Waals surface area contributed by atoms with Crippen LogP contribution in [0.2, 0.25) is 0 Å². The van der Waals surface area contributed by atoms with Crippen molar-refractivity contribution in [3.05, 3.63) is 77.4 Å². The van der Waals surface area contributed by atoms with Crippen molar-refractivity contribution in [1.82, 2.24) is 9.80 Å². The average molecular weight is 544 g/mol. The molecule has 2 aliphatic rings. The number of carbonyl (C=O) groups excluding carboxylic acids is 2. The highest BCUT2D eigenvalue weighted by molar-refractivity contribution is 6.02. The zero-order valence-corrected chi connectivity index (χ0v) is 24.6. The first kappa shape index (κ1) is 29.2. The van der Waals surface area contributed by atoms with E-state index < -0.39 is 0 Å². The number of aryl methyl sites for hydroxylation is 2. The Bertz CT molecular complexity index is 1330. The second-order valence-electron chi connectivity index (χ2n) is 10.7. The van der Waals surface area contributed by atoms with Crippen LogP contribution in [-0.4, -0.2) is 69.1 Å². The number of fused-ring (bicyclic) bond motifs is 1. The Morgan fingerprint density at radius 1 is 1.00 bits per heavy atom. The lowest BCUT2D eigenvalue weighted by molar-refractivity contribution is -0.132. The summed E-state index contributed by atoms with van der Waals surface area (Å²) < 4.78 is 10.9. The predicted octanol–water partition coefficient (Wildman–Crippen LogP) is 5.64. The van der Waals surface area contributed by atoms with Gasteiger partial charge >= 0.3 is 0 Å². The number of anilines is 1. The molecule has 7 heteroatoms. The van der Waals surface area contributed by atoms with Crippen molar-refractivity contribution in [2.75, 3.05) is 52.3 Å². The van der Waals surface area contributed by atoms with Crippen LogP contribution in [0.25, 0.3) is 11.1 Å². The van der Waals surface area contributed by atoms with Crippen molar-refractivity contribution in [2.24, 2.45) is 0 Å². The van der Waals surface area contributed by atoms with Gasteiger partial charge in [0, 0.05) is 7.05 Å². The van der Waals surface area contributed by atoms with Gasteiger partial charge in [0.1, 0.15) is 18.0 Å². The molecule has 212 valence electrons. The fourth-order valence-electron chi connectivity index (χ4n) is 4.94. The predicted molar refractivity (Wildman–Crippen MR) is 160 cm³/mol. The monoisotopic (exact) mass is 543 g/mol. The number of rotatable bonds is 6. The number of hydrogen-bond acceptors (Lipinski definition) is 5. The van der Waals surface area contributed by atoms with Crippen molar-refractivity contribution < 1.29 is 19.1 Å². The molecule has 1 saturated heterocycles. The van der Waals surface area contributed by atoms with Gasteiger partial charge in [-0.25, -0.2) is 0 Å². The van der Waals surface area contributed by atoms with E-state index in [2.05, 4.69) is 11.9 Å². The first-order valence-electron chi connectivity index (χ1n) is 13.9. The number of nitrogens with zero attached hydrogens (tertiary/aromatic N) is 3. The van der Waals surface area contributed by atoms with Crippen LogP contribution < -0.4 is 14.4 Å². The SMILES string of the molecule is CN1CCCC1.COc1cccc(-c2ccc(C(C)N(C)C(=O)CN3C(=O)COc4cc(C)c(C)cc43)cc2)c1. The number of benzene rings is 3. The lowest BCUT2D eigenvalue weighted by Crippen LogP contribution is -2.46. The van der Waals surface area contributed by atoms with Crippen LogP contribution in [0.15, 0.2) is 60.7 Å². The van der Waals surface area contributed by atoms with Crippen molar-refractivity contribution in [1.29, 1.82) is 0 Å². The molecular weight excluding hydrogens is 502 g/mol. The topological polar surface area (TPSA) is 62.3 Å². The standard InChI is InChI=1S/C28H30N2O4.C5H11N/c1-18-13-25-26(14-19(18)2)34-17-28(32)30(25)16-27(31)29(4)20(3)21-9-11-22(12-10-21)23-7-6-8-24(15-23)33-5;1-6-4-2-3-5-6/h6-15,20H,16-17H2,1-5H3;2-5H2,1H3. The van der Waals surface area contributed by atoms with Crippen LogP contribution in [0.1, 0.15) is 42.5 Å². The second-order valence-corrected chi connectivity index (χ2v) is 10.7. The first-order valence-corrected chi connectivity index (χ1v) is 13.9.